The van der Waals surface area contributed by atoms with Crippen molar-refractivity contribution in [2.45, 2.75) is 13.3 Å². The van der Waals surface area contributed by atoms with Gasteiger partial charge in [0, 0.05) is 24.2 Å². The molecule has 1 heterocycles. The summed E-state index contributed by atoms with van der Waals surface area (Å²) in [4.78, 5) is 0. The monoisotopic (exact) mass is 291 g/mol. The Morgan fingerprint density at radius 2 is 1.62 bits per heavy atom. The molecular formula is C15H21N3O3. The number of nitrogens with two attached hydrogens (primary N) is 1. The Hall–Kier alpha value is -2.37. The van der Waals surface area contributed by atoms with Gasteiger partial charge in [-0.1, -0.05) is 6.92 Å². The van der Waals surface area contributed by atoms with E-state index in [-0.39, 0.29) is 0 Å². The van der Waals surface area contributed by atoms with Crippen molar-refractivity contribution in [3.05, 3.63) is 17.7 Å². The van der Waals surface area contributed by atoms with Gasteiger partial charge in [0.2, 0.25) is 0 Å². The summed E-state index contributed by atoms with van der Waals surface area (Å²) in [5.41, 5.74) is 8.70. The number of aromatic nitrogens is 2. The molecule has 1 aromatic carbocycles. The fourth-order valence-electron chi connectivity index (χ4n) is 2.36. The van der Waals surface area contributed by atoms with Crippen molar-refractivity contribution in [1.29, 1.82) is 0 Å². The molecule has 0 radical (unpaired) electrons. The van der Waals surface area contributed by atoms with E-state index in [1.807, 2.05) is 20.0 Å². The maximum atomic E-state index is 6.07. The molecule has 0 unspecified atom stereocenters. The highest BCUT2D eigenvalue weighted by Crippen LogP contribution is 2.41. The van der Waals surface area contributed by atoms with Crippen LogP contribution in [-0.2, 0) is 13.5 Å². The Labute approximate surface area is 124 Å². The number of hydrogen-bond donors (Lipinski definition) is 1. The topological polar surface area (TPSA) is 71.5 Å². The number of aryl methyl sites for hydroxylation is 1. The lowest BCUT2D eigenvalue weighted by atomic mass is 10.0. The van der Waals surface area contributed by atoms with Gasteiger partial charge in [0.05, 0.1) is 21.3 Å². The lowest BCUT2D eigenvalue weighted by Crippen LogP contribution is -1.98. The van der Waals surface area contributed by atoms with Gasteiger partial charge in [-0.2, -0.15) is 5.10 Å². The molecule has 0 atom stereocenters. The first-order valence-electron chi connectivity index (χ1n) is 6.69. The number of methoxy groups -OCH3 is 3. The highest BCUT2D eigenvalue weighted by atomic mass is 16.5. The van der Waals surface area contributed by atoms with Crippen LogP contribution in [0.1, 0.15) is 12.5 Å². The number of nitrogens with zero attached hydrogens (tertiary/aromatic N) is 2. The van der Waals surface area contributed by atoms with E-state index in [0.717, 1.165) is 23.2 Å². The molecule has 6 nitrogen and oxygen atoms in total. The zero-order chi connectivity index (χ0) is 15.6. The minimum absolute atomic E-state index is 0.611. The van der Waals surface area contributed by atoms with Crippen LogP contribution in [0.2, 0.25) is 0 Å². The van der Waals surface area contributed by atoms with Gasteiger partial charge in [-0.15, -0.1) is 0 Å². The van der Waals surface area contributed by atoms with Crippen molar-refractivity contribution < 1.29 is 14.2 Å². The van der Waals surface area contributed by atoms with Crippen LogP contribution in [0.3, 0.4) is 0 Å². The summed E-state index contributed by atoms with van der Waals surface area (Å²) in [6.45, 7) is 2.05. The molecule has 2 N–H and O–H groups in total. The van der Waals surface area contributed by atoms with Crippen molar-refractivity contribution in [1.82, 2.24) is 9.78 Å². The third-order valence-electron chi connectivity index (χ3n) is 3.51. The Balaban J connectivity index is 2.70. The standard InChI is InChI=1S/C15H21N3O3/c1-6-9-14(17-18(2)15(9)16)10-7-12(20-4)13(21-5)8-11(10)19-3/h7-8H,6,16H2,1-5H3. The smallest absolute Gasteiger partial charge is 0.164 e. The molecule has 0 fully saturated rings. The predicted molar refractivity (Wildman–Crippen MR) is 82.1 cm³/mol. The van der Waals surface area contributed by atoms with E-state index in [0.29, 0.717) is 23.1 Å². The number of ether oxygens (including phenoxy) is 3. The summed E-state index contributed by atoms with van der Waals surface area (Å²) in [6, 6.07) is 3.65. The quantitative estimate of drug-likeness (QED) is 0.915. The lowest BCUT2D eigenvalue weighted by molar-refractivity contribution is 0.349. The summed E-state index contributed by atoms with van der Waals surface area (Å²) >= 11 is 0. The number of rotatable bonds is 5. The van der Waals surface area contributed by atoms with E-state index in [1.165, 1.54) is 0 Å². The number of anilines is 1. The minimum Gasteiger partial charge on any atom is -0.496 e. The molecule has 0 saturated carbocycles. The van der Waals surface area contributed by atoms with Gasteiger partial charge in [0.15, 0.2) is 11.5 Å². The van der Waals surface area contributed by atoms with Gasteiger partial charge in [0.25, 0.3) is 0 Å². The van der Waals surface area contributed by atoms with Crippen molar-refractivity contribution in [3.8, 4) is 28.5 Å². The van der Waals surface area contributed by atoms with E-state index < -0.39 is 0 Å². The van der Waals surface area contributed by atoms with Crippen molar-refractivity contribution in [2.75, 3.05) is 27.1 Å². The Bertz CT molecular complexity index is 650. The van der Waals surface area contributed by atoms with E-state index in [4.69, 9.17) is 19.9 Å². The van der Waals surface area contributed by atoms with Gasteiger partial charge >= 0.3 is 0 Å². The summed E-state index contributed by atoms with van der Waals surface area (Å²) in [5, 5.41) is 4.51. The maximum absolute atomic E-state index is 6.07. The molecule has 0 saturated heterocycles. The van der Waals surface area contributed by atoms with Crippen molar-refractivity contribution >= 4 is 5.82 Å². The minimum atomic E-state index is 0.611. The molecule has 0 spiro atoms. The molecule has 0 amide bonds. The van der Waals surface area contributed by atoms with Crippen molar-refractivity contribution in [3.63, 3.8) is 0 Å². The molecule has 2 rings (SSSR count). The van der Waals surface area contributed by atoms with Crippen LogP contribution in [-0.4, -0.2) is 31.1 Å². The first-order valence-corrected chi connectivity index (χ1v) is 6.69. The van der Waals surface area contributed by atoms with Gasteiger partial charge in [0.1, 0.15) is 17.3 Å². The summed E-state index contributed by atoms with van der Waals surface area (Å²) in [7, 11) is 6.63. The van der Waals surface area contributed by atoms with Gasteiger partial charge in [-0.05, 0) is 12.5 Å². The van der Waals surface area contributed by atoms with Gasteiger partial charge < -0.3 is 19.9 Å². The molecule has 6 heteroatoms. The van der Waals surface area contributed by atoms with Crippen LogP contribution >= 0.6 is 0 Å². The molecule has 1 aromatic heterocycles. The van der Waals surface area contributed by atoms with Crippen LogP contribution in [0.5, 0.6) is 17.2 Å². The Morgan fingerprint density at radius 1 is 1.05 bits per heavy atom. The van der Waals surface area contributed by atoms with E-state index in [9.17, 15) is 0 Å². The van der Waals surface area contributed by atoms with Crippen LogP contribution in [0.25, 0.3) is 11.3 Å². The zero-order valence-electron chi connectivity index (χ0n) is 13.1. The number of benzene rings is 1. The molecule has 0 aliphatic carbocycles. The average Bonchev–Trinajstić information content (AvgIpc) is 2.80. The molecule has 21 heavy (non-hydrogen) atoms. The Morgan fingerprint density at radius 3 is 2.14 bits per heavy atom. The second-order valence-corrected chi connectivity index (χ2v) is 4.60. The number of nitrogen functional groups attached to an aromatic ring is 1. The SMILES string of the molecule is CCc1c(-c2cc(OC)c(OC)cc2OC)nn(C)c1N. The van der Waals surface area contributed by atoms with Gasteiger partial charge in [-0.25, -0.2) is 0 Å². The van der Waals surface area contributed by atoms with E-state index >= 15 is 0 Å². The first-order chi connectivity index (χ1) is 10.1. The predicted octanol–water partition coefficient (Wildman–Crippen LogP) is 2.26. The third-order valence-corrected chi connectivity index (χ3v) is 3.51. The zero-order valence-corrected chi connectivity index (χ0v) is 13.1. The third kappa shape index (κ3) is 2.49. The molecule has 2 aromatic rings. The van der Waals surface area contributed by atoms with Gasteiger partial charge in [-0.3, -0.25) is 4.68 Å². The summed E-state index contributed by atoms with van der Waals surface area (Å²) < 4.78 is 17.8. The molecular weight excluding hydrogens is 270 g/mol. The largest absolute Gasteiger partial charge is 0.496 e. The molecule has 0 bridgehead atoms. The average molecular weight is 291 g/mol. The van der Waals surface area contributed by atoms with Crippen LogP contribution in [0.15, 0.2) is 12.1 Å². The summed E-state index contributed by atoms with van der Waals surface area (Å²) in [6.07, 6.45) is 0.784. The number of hydrogen-bond acceptors (Lipinski definition) is 5. The van der Waals surface area contributed by atoms with Crippen molar-refractivity contribution in [2.24, 2.45) is 7.05 Å². The highest BCUT2D eigenvalue weighted by molar-refractivity contribution is 5.76. The molecule has 114 valence electrons. The van der Waals surface area contributed by atoms with Crippen LogP contribution < -0.4 is 19.9 Å². The highest BCUT2D eigenvalue weighted by Gasteiger charge is 2.20. The normalized spacial score (nSPS) is 10.5. The lowest BCUT2D eigenvalue weighted by Gasteiger charge is -2.13. The second kappa shape index (κ2) is 5.95. The van der Waals surface area contributed by atoms with Crippen LogP contribution in [0.4, 0.5) is 5.82 Å². The molecule has 0 aliphatic rings. The molecule has 0 aliphatic heterocycles. The van der Waals surface area contributed by atoms with E-state index in [2.05, 4.69) is 5.10 Å². The first kappa shape index (κ1) is 15.0. The van der Waals surface area contributed by atoms with E-state index in [1.54, 1.807) is 32.1 Å². The Kier molecular flexibility index (Phi) is 4.26. The van der Waals surface area contributed by atoms with Crippen LogP contribution in [0, 0.1) is 0 Å². The maximum Gasteiger partial charge on any atom is 0.164 e. The second-order valence-electron chi connectivity index (χ2n) is 4.60. The fourth-order valence-corrected chi connectivity index (χ4v) is 2.36. The summed E-state index contributed by atoms with van der Waals surface area (Å²) in [5.74, 6) is 2.56. The fraction of sp³-hybridized carbons (Fsp3) is 0.400.